The van der Waals surface area contributed by atoms with E-state index in [4.69, 9.17) is 5.10 Å². The van der Waals surface area contributed by atoms with Crippen LogP contribution in [-0.4, -0.2) is 31.3 Å². The smallest absolute Gasteiger partial charge is 0.242 e. The van der Waals surface area contributed by atoms with Crippen LogP contribution in [0, 0.1) is 13.8 Å². The number of aryl methyl sites for hydroxylation is 2. The number of rotatable bonds is 4. The highest BCUT2D eigenvalue weighted by atomic mass is 16.2. The number of fused-ring (bicyclic) bond motifs is 1. The minimum Gasteiger partial charge on any atom is -0.352 e. The fourth-order valence-electron chi connectivity index (χ4n) is 3.91. The third-order valence-corrected chi connectivity index (χ3v) is 5.12. The highest BCUT2D eigenvalue weighted by Crippen LogP contribution is 2.25. The minimum atomic E-state index is 0.0151. The van der Waals surface area contributed by atoms with Crippen molar-refractivity contribution >= 4 is 16.9 Å². The number of amides is 1. The van der Waals surface area contributed by atoms with E-state index in [1.54, 1.807) is 4.68 Å². The van der Waals surface area contributed by atoms with Gasteiger partial charge in [0.15, 0.2) is 11.5 Å². The van der Waals surface area contributed by atoms with Crippen molar-refractivity contribution in [3.05, 3.63) is 41.9 Å². The molecule has 0 atom stereocenters. The van der Waals surface area contributed by atoms with Gasteiger partial charge in [-0.25, -0.2) is 9.67 Å². The van der Waals surface area contributed by atoms with E-state index < -0.39 is 0 Å². The topological polar surface area (TPSA) is 64.7 Å². The van der Waals surface area contributed by atoms with Gasteiger partial charge in [-0.05, 0) is 50.5 Å². The van der Waals surface area contributed by atoms with Crippen molar-refractivity contribution in [3.8, 4) is 5.82 Å². The molecule has 1 aliphatic carbocycles. The van der Waals surface area contributed by atoms with Gasteiger partial charge in [0.1, 0.15) is 6.54 Å². The molecule has 3 aromatic heterocycles. The predicted octanol–water partition coefficient (Wildman–Crippen LogP) is 3.29. The summed E-state index contributed by atoms with van der Waals surface area (Å²) in [4.78, 5) is 17.3. The predicted molar refractivity (Wildman–Crippen MR) is 101 cm³/mol. The Labute approximate surface area is 153 Å². The van der Waals surface area contributed by atoms with Gasteiger partial charge in [-0.1, -0.05) is 19.3 Å². The van der Waals surface area contributed by atoms with E-state index in [-0.39, 0.29) is 12.5 Å². The molecule has 4 rings (SSSR count). The summed E-state index contributed by atoms with van der Waals surface area (Å²) in [6, 6.07) is 6.30. The monoisotopic (exact) mass is 351 g/mol. The maximum Gasteiger partial charge on any atom is 0.242 e. The lowest BCUT2D eigenvalue weighted by atomic mass is 9.95. The molecule has 0 aliphatic heterocycles. The molecule has 0 bridgehead atoms. The standard InChI is InChI=1S/C20H25N5O/c1-14-12-15(2)21-19-18(14)20(24-10-6-7-11-24)23-25(19)13-17(26)22-16-8-4-3-5-9-16/h6-7,10-12,16H,3-5,8-9,13H2,1-2H3,(H,22,26). The van der Waals surface area contributed by atoms with Crippen molar-refractivity contribution in [2.45, 2.75) is 58.5 Å². The molecule has 0 spiro atoms. The molecule has 136 valence electrons. The Morgan fingerprint density at radius 2 is 1.92 bits per heavy atom. The van der Waals surface area contributed by atoms with Crippen LogP contribution in [0.25, 0.3) is 16.9 Å². The highest BCUT2D eigenvalue weighted by molar-refractivity contribution is 5.88. The van der Waals surface area contributed by atoms with Gasteiger partial charge in [0, 0.05) is 24.1 Å². The van der Waals surface area contributed by atoms with Crippen molar-refractivity contribution in [1.82, 2.24) is 24.6 Å². The molecular formula is C20H25N5O. The minimum absolute atomic E-state index is 0.0151. The van der Waals surface area contributed by atoms with Crippen LogP contribution in [0.2, 0.25) is 0 Å². The molecule has 3 heterocycles. The molecule has 1 N–H and O–H groups in total. The van der Waals surface area contributed by atoms with Crippen molar-refractivity contribution in [1.29, 1.82) is 0 Å². The van der Waals surface area contributed by atoms with E-state index in [0.29, 0.717) is 6.04 Å². The summed E-state index contributed by atoms with van der Waals surface area (Å²) in [7, 11) is 0. The Morgan fingerprint density at radius 1 is 1.19 bits per heavy atom. The van der Waals surface area contributed by atoms with E-state index in [9.17, 15) is 4.79 Å². The van der Waals surface area contributed by atoms with Crippen molar-refractivity contribution < 1.29 is 4.79 Å². The molecule has 0 radical (unpaired) electrons. The molecule has 0 unspecified atom stereocenters. The van der Waals surface area contributed by atoms with Crippen molar-refractivity contribution in [2.24, 2.45) is 0 Å². The van der Waals surface area contributed by atoms with Crippen LogP contribution in [0.4, 0.5) is 0 Å². The van der Waals surface area contributed by atoms with Gasteiger partial charge in [0.05, 0.1) is 5.39 Å². The van der Waals surface area contributed by atoms with Crippen LogP contribution in [0.1, 0.15) is 43.4 Å². The van der Waals surface area contributed by atoms with Gasteiger partial charge in [0.2, 0.25) is 5.91 Å². The zero-order chi connectivity index (χ0) is 18.1. The van der Waals surface area contributed by atoms with Gasteiger partial charge in [0.25, 0.3) is 0 Å². The second-order valence-corrected chi connectivity index (χ2v) is 7.25. The highest BCUT2D eigenvalue weighted by Gasteiger charge is 2.20. The summed E-state index contributed by atoms with van der Waals surface area (Å²) >= 11 is 0. The number of carbonyl (C=O) groups is 1. The zero-order valence-electron chi connectivity index (χ0n) is 15.4. The SMILES string of the molecule is Cc1cc(C)c2c(-n3cccc3)nn(CC(=O)NC3CCCCC3)c2n1. The number of hydrogen-bond donors (Lipinski definition) is 1. The zero-order valence-corrected chi connectivity index (χ0v) is 15.4. The lowest BCUT2D eigenvalue weighted by Gasteiger charge is -2.22. The molecule has 1 fully saturated rings. The van der Waals surface area contributed by atoms with Crippen LogP contribution in [0.5, 0.6) is 0 Å². The Balaban J connectivity index is 1.67. The summed E-state index contributed by atoms with van der Waals surface area (Å²) in [5.41, 5.74) is 2.82. The maximum absolute atomic E-state index is 12.6. The number of nitrogens with zero attached hydrogens (tertiary/aromatic N) is 4. The first kappa shape index (κ1) is 16.8. The van der Waals surface area contributed by atoms with Gasteiger partial charge in [-0.3, -0.25) is 4.79 Å². The second kappa shape index (κ2) is 6.94. The van der Waals surface area contributed by atoms with E-state index in [2.05, 4.69) is 23.3 Å². The first-order valence-corrected chi connectivity index (χ1v) is 9.39. The Hall–Kier alpha value is -2.63. The fraction of sp³-hybridized carbons (Fsp3) is 0.450. The Bertz CT molecular complexity index is 919. The summed E-state index contributed by atoms with van der Waals surface area (Å²) in [5, 5.41) is 8.89. The quantitative estimate of drug-likeness (QED) is 0.784. The van der Waals surface area contributed by atoms with Gasteiger partial charge >= 0.3 is 0 Å². The molecule has 26 heavy (non-hydrogen) atoms. The molecule has 1 amide bonds. The largest absolute Gasteiger partial charge is 0.352 e. The van der Waals surface area contributed by atoms with Crippen LogP contribution >= 0.6 is 0 Å². The lowest BCUT2D eigenvalue weighted by Crippen LogP contribution is -2.38. The van der Waals surface area contributed by atoms with Gasteiger partial charge in [-0.15, -0.1) is 0 Å². The number of aromatic nitrogens is 4. The van der Waals surface area contributed by atoms with E-state index in [1.165, 1.54) is 19.3 Å². The number of hydrogen-bond acceptors (Lipinski definition) is 3. The van der Waals surface area contributed by atoms with Crippen LogP contribution in [0.15, 0.2) is 30.6 Å². The average Bonchev–Trinajstić information content (AvgIpc) is 3.24. The van der Waals surface area contributed by atoms with Crippen LogP contribution in [-0.2, 0) is 11.3 Å². The Kier molecular flexibility index (Phi) is 4.49. The molecule has 6 heteroatoms. The van der Waals surface area contributed by atoms with Crippen LogP contribution in [0.3, 0.4) is 0 Å². The number of carbonyl (C=O) groups excluding carboxylic acids is 1. The third-order valence-electron chi connectivity index (χ3n) is 5.12. The molecule has 6 nitrogen and oxygen atoms in total. The van der Waals surface area contributed by atoms with Crippen molar-refractivity contribution in [3.63, 3.8) is 0 Å². The molecular weight excluding hydrogens is 326 g/mol. The third kappa shape index (κ3) is 3.23. The second-order valence-electron chi connectivity index (χ2n) is 7.25. The van der Waals surface area contributed by atoms with Crippen molar-refractivity contribution in [2.75, 3.05) is 0 Å². The summed E-state index contributed by atoms with van der Waals surface area (Å²) < 4.78 is 3.71. The van der Waals surface area contributed by atoms with Gasteiger partial charge in [-0.2, -0.15) is 5.10 Å². The first-order valence-electron chi connectivity index (χ1n) is 9.39. The number of pyridine rings is 1. The summed E-state index contributed by atoms with van der Waals surface area (Å²) in [6.07, 6.45) is 9.77. The molecule has 1 aliphatic rings. The lowest BCUT2D eigenvalue weighted by molar-refractivity contribution is -0.122. The molecule has 0 aromatic carbocycles. The summed E-state index contributed by atoms with van der Waals surface area (Å²) in [6.45, 7) is 4.24. The first-order chi connectivity index (χ1) is 12.6. The maximum atomic E-state index is 12.6. The van der Waals surface area contributed by atoms with Crippen LogP contribution < -0.4 is 5.32 Å². The number of nitrogens with one attached hydrogen (secondary N) is 1. The van der Waals surface area contributed by atoms with E-state index >= 15 is 0 Å². The van der Waals surface area contributed by atoms with Gasteiger partial charge < -0.3 is 9.88 Å². The summed E-state index contributed by atoms with van der Waals surface area (Å²) in [5.74, 6) is 0.835. The normalized spacial score (nSPS) is 15.5. The molecule has 3 aromatic rings. The fourth-order valence-corrected chi connectivity index (χ4v) is 3.91. The van der Waals surface area contributed by atoms with E-state index in [0.717, 1.165) is 41.0 Å². The Morgan fingerprint density at radius 3 is 2.65 bits per heavy atom. The molecule has 0 saturated heterocycles. The average molecular weight is 351 g/mol. The molecule has 1 saturated carbocycles. The van der Waals surface area contributed by atoms with E-state index in [1.807, 2.05) is 36.0 Å².